The summed E-state index contributed by atoms with van der Waals surface area (Å²) in [6, 6.07) is -0.934. The van der Waals surface area contributed by atoms with Crippen molar-refractivity contribution < 1.29 is 25.0 Å². The zero-order valence-electron chi connectivity index (χ0n) is 13.1. The fourth-order valence-electron chi connectivity index (χ4n) is 2.54. The zero-order chi connectivity index (χ0) is 17.5. The minimum atomic E-state index is -1.06. The average Bonchev–Trinajstić information content (AvgIpc) is 2.62. The van der Waals surface area contributed by atoms with E-state index in [-0.39, 0.29) is 5.56 Å². The molecule has 5 N–H and O–H groups in total. The Labute approximate surface area is 138 Å². The van der Waals surface area contributed by atoms with E-state index >= 15 is 0 Å². The highest BCUT2D eigenvalue weighted by molar-refractivity contribution is 5.92. The van der Waals surface area contributed by atoms with Crippen molar-refractivity contribution in [1.29, 1.82) is 0 Å². The highest BCUT2D eigenvalue weighted by Crippen LogP contribution is 2.20. The van der Waals surface area contributed by atoms with E-state index in [0.717, 1.165) is 25.9 Å². The molecule has 0 unspecified atom stereocenters. The lowest BCUT2D eigenvalue weighted by molar-refractivity contribution is -0.140. The van der Waals surface area contributed by atoms with Gasteiger partial charge in [0.1, 0.15) is 6.04 Å². The molecule has 132 valence electrons. The third kappa shape index (κ3) is 4.60. The molecule has 1 aliphatic rings. The van der Waals surface area contributed by atoms with Crippen molar-refractivity contribution in [2.75, 3.05) is 31.1 Å². The fraction of sp³-hybridized carbons (Fsp3) is 0.571. The molecule has 1 atom stereocenters. The lowest BCUT2D eigenvalue weighted by Crippen LogP contribution is -2.44. The molecule has 2 heterocycles. The van der Waals surface area contributed by atoms with Crippen LogP contribution in [-0.4, -0.2) is 69.5 Å². The van der Waals surface area contributed by atoms with Crippen molar-refractivity contribution in [2.24, 2.45) is 5.92 Å². The monoisotopic (exact) mass is 339 g/mol. The summed E-state index contributed by atoms with van der Waals surface area (Å²) in [6.07, 6.45) is 4.38. The average molecular weight is 339 g/mol. The van der Waals surface area contributed by atoms with Gasteiger partial charge >= 0.3 is 5.97 Å². The summed E-state index contributed by atoms with van der Waals surface area (Å²) in [5.74, 6) is -0.901. The second-order valence-corrected chi connectivity index (χ2v) is 5.62. The molecule has 10 heteroatoms. The Hall–Kier alpha value is -2.30. The number of nitrogens with zero attached hydrogens (tertiary/aromatic N) is 3. The fourth-order valence-corrected chi connectivity index (χ4v) is 2.54. The first kappa shape index (κ1) is 18.0. The Balaban J connectivity index is 1.82. The van der Waals surface area contributed by atoms with Crippen LogP contribution in [0.15, 0.2) is 12.4 Å². The molecular formula is C14H21N5O5. The quantitative estimate of drug-likeness (QED) is 0.306. The van der Waals surface area contributed by atoms with Crippen LogP contribution >= 0.6 is 0 Å². The molecule has 0 saturated carbocycles. The molecular weight excluding hydrogens is 318 g/mol. The Bertz CT molecular complexity index is 559. The highest BCUT2D eigenvalue weighted by atomic mass is 16.5. The molecule has 1 amide bonds. The summed E-state index contributed by atoms with van der Waals surface area (Å²) in [6.45, 7) is 1.53. The van der Waals surface area contributed by atoms with Crippen molar-refractivity contribution in [3.63, 3.8) is 0 Å². The van der Waals surface area contributed by atoms with Gasteiger partial charge in [0.2, 0.25) is 5.95 Å². The Morgan fingerprint density at radius 1 is 1.29 bits per heavy atom. The Morgan fingerprint density at radius 2 is 1.92 bits per heavy atom. The van der Waals surface area contributed by atoms with Crippen molar-refractivity contribution in [1.82, 2.24) is 20.8 Å². The lowest BCUT2D eigenvalue weighted by atomic mass is 9.96. The Morgan fingerprint density at radius 3 is 2.42 bits per heavy atom. The topological polar surface area (TPSA) is 148 Å². The van der Waals surface area contributed by atoms with E-state index in [1.165, 1.54) is 17.9 Å². The number of amides is 1. The van der Waals surface area contributed by atoms with Crippen molar-refractivity contribution in [3.05, 3.63) is 18.0 Å². The largest absolute Gasteiger partial charge is 0.480 e. The van der Waals surface area contributed by atoms with E-state index in [4.69, 9.17) is 15.4 Å². The third-order valence-electron chi connectivity index (χ3n) is 4.03. The molecule has 1 aromatic heterocycles. The van der Waals surface area contributed by atoms with Crippen LogP contribution in [0.5, 0.6) is 0 Å². The second-order valence-electron chi connectivity index (χ2n) is 5.62. The molecule has 0 radical (unpaired) electrons. The summed E-state index contributed by atoms with van der Waals surface area (Å²) in [4.78, 5) is 32.3. The maximum atomic E-state index is 11.2. The molecule has 2 rings (SSSR count). The molecule has 1 fully saturated rings. The van der Waals surface area contributed by atoms with Gasteiger partial charge in [0.15, 0.2) is 0 Å². The molecule has 10 nitrogen and oxygen atoms in total. The number of aromatic nitrogens is 2. The minimum absolute atomic E-state index is 0.170. The summed E-state index contributed by atoms with van der Waals surface area (Å²) in [5.41, 5.74) is 1.69. The van der Waals surface area contributed by atoms with Gasteiger partial charge in [-0.1, -0.05) is 0 Å². The first-order valence-corrected chi connectivity index (χ1v) is 7.63. The molecule has 0 aliphatic carbocycles. The van der Waals surface area contributed by atoms with Crippen molar-refractivity contribution >= 4 is 17.8 Å². The van der Waals surface area contributed by atoms with Gasteiger partial charge in [0.25, 0.3) is 5.91 Å². The van der Waals surface area contributed by atoms with Crippen LogP contribution in [0.2, 0.25) is 0 Å². The van der Waals surface area contributed by atoms with Crippen LogP contribution in [-0.2, 0) is 4.79 Å². The van der Waals surface area contributed by atoms with Crippen LogP contribution < -0.4 is 15.7 Å². The van der Waals surface area contributed by atoms with E-state index in [1.54, 1.807) is 0 Å². The number of hydroxylamine groups is 1. The van der Waals surface area contributed by atoms with Crippen molar-refractivity contribution in [3.8, 4) is 0 Å². The predicted molar refractivity (Wildman–Crippen MR) is 82.7 cm³/mol. The van der Waals surface area contributed by atoms with E-state index in [9.17, 15) is 9.59 Å². The van der Waals surface area contributed by atoms with E-state index in [1.807, 2.05) is 4.90 Å². The number of aliphatic carboxylic acids is 1. The number of rotatable bonds is 7. The van der Waals surface area contributed by atoms with Crippen molar-refractivity contribution in [2.45, 2.75) is 18.9 Å². The number of carbonyl (C=O) groups is 2. The summed E-state index contributed by atoms with van der Waals surface area (Å²) >= 11 is 0. The van der Waals surface area contributed by atoms with Crippen LogP contribution in [0.1, 0.15) is 23.2 Å². The molecule has 0 bridgehead atoms. The standard InChI is InChI=1S/C14H21N5O5/c20-8-11(13(22)23)15-5-9-1-3-19(4-2-9)14-16-6-10(7-17-14)12(21)18-24/h6-7,9,11,15,20,24H,1-5,8H2,(H,18,21)(H,22,23)/t11-/m0/s1. The second kappa shape index (κ2) is 8.52. The molecule has 1 saturated heterocycles. The van der Waals surface area contributed by atoms with Gasteiger partial charge in [-0.3, -0.25) is 14.8 Å². The van der Waals surface area contributed by atoms with Gasteiger partial charge in [-0.05, 0) is 25.3 Å². The SMILES string of the molecule is O=C(NO)c1cnc(N2CCC(CN[C@@H](CO)C(=O)O)CC2)nc1. The number of nitrogens with one attached hydrogen (secondary N) is 2. The number of hydrogen-bond donors (Lipinski definition) is 5. The van der Waals surface area contributed by atoms with Gasteiger partial charge in [0.05, 0.1) is 12.2 Å². The van der Waals surface area contributed by atoms with Crippen LogP contribution in [0.25, 0.3) is 0 Å². The van der Waals surface area contributed by atoms with E-state index in [2.05, 4.69) is 15.3 Å². The number of piperidine rings is 1. The first-order valence-electron chi connectivity index (χ1n) is 7.63. The normalized spacial score (nSPS) is 16.7. The van der Waals surface area contributed by atoms with Gasteiger partial charge in [0, 0.05) is 25.5 Å². The van der Waals surface area contributed by atoms with Gasteiger partial charge in [-0.25, -0.2) is 15.4 Å². The number of hydrogen-bond acceptors (Lipinski definition) is 8. The number of carbonyl (C=O) groups excluding carboxylic acids is 1. The zero-order valence-corrected chi connectivity index (χ0v) is 13.1. The lowest BCUT2D eigenvalue weighted by Gasteiger charge is -2.32. The van der Waals surface area contributed by atoms with Gasteiger partial charge in [-0.15, -0.1) is 0 Å². The van der Waals surface area contributed by atoms with Gasteiger partial charge in [-0.2, -0.15) is 0 Å². The number of carboxylic acids is 1. The van der Waals surface area contributed by atoms with Gasteiger partial charge < -0.3 is 20.4 Å². The molecule has 0 aromatic carbocycles. The van der Waals surface area contributed by atoms with Crippen LogP contribution in [0.3, 0.4) is 0 Å². The molecule has 0 spiro atoms. The number of carboxylic acid groups (broad SMARTS) is 1. The smallest absolute Gasteiger partial charge is 0.323 e. The third-order valence-corrected chi connectivity index (χ3v) is 4.03. The van der Waals surface area contributed by atoms with Crippen LogP contribution in [0.4, 0.5) is 5.95 Å². The highest BCUT2D eigenvalue weighted by Gasteiger charge is 2.23. The molecule has 1 aliphatic heterocycles. The summed E-state index contributed by atoms with van der Waals surface area (Å²) in [5, 5.41) is 29.3. The number of anilines is 1. The maximum absolute atomic E-state index is 11.2. The number of aliphatic hydroxyl groups is 1. The molecule has 24 heavy (non-hydrogen) atoms. The number of aliphatic hydroxyl groups excluding tert-OH is 1. The Kier molecular flexibility index (Phi) is 6.41. The first-order chi connectivity index (χ1) is 11.5. The molecule has 1 aromatic rings. The predicted octanol–water partition coefficient (Wildman–Crippen LogP) is -1.15. The minimum Gasteiger partial charge on any atom is -0.480 e. The summed E-state index contributed by atoms with van der Waals surface area (Å²) < 4.78 is 0. The van der Waals surface area contributed by atoms with Crippen LogP contribution in [0, 0.1) is 5.92 Å². The van der Waals surface area contributed by atoms with E-state index < -0.39 is 24.5 Å². The summed E-state index contributed by atoms with van der Waals surface area (Å²) in [7, 11) is 0. The maximum Gasteiger partial charge on any atom is 0.323 e. The van der Waals surface area contributed by atoms with E-state index in [0.29, 0.717) is 18.4 Å².